The molecule has 6 nitrogen and oxygen atoms in total. The van der Waals surface area contributed by atoms with E-state index in [0.717, 1.165) is 70.8 Å². The van der Waals surface area contributed by atoms with E-state index in [1.165, 1.54) is 0 Å². The number of carbonyl (C=O) groups excluding carboxylic acids is 1. The second-order valence-corrected chi connectivity index (χ2v) is 8.15. The normalized spacial score (nSPS) is 27.2. The smallest absolute Gasteiger partial charge is 0.272 e. The molecule has 0 saturated carbocycles. The Morgan fingerprint density at radius 3 is 2.58 bits per heavy atom. The molecule has 0 bridgehead atoms. The van der Waals surface area contributed by atoms with Gasteiger partial charge in [-0.2, -0.15) is 0 Å². The number of rotatable bonds is 2. The second-order valence-electron chi connectivity index (χ2n) is 8.15. The molecule has 3 fully saturated rings. The van der Waals surface area contributed by atoms with Gasteiger partial charge in [0.05, 0.1) is 12.2 Å². The maximum absolute atomic E-state index is 12.7. The van der Waals surface area contributed by atoms with E-state index in [1.54, 1.807) is 0 Å². The van der Waals surface area contributed by atoms with Gasteiger partial charge in [0.2, 0.25) is 0 Å². The quantitative estimate of drug-likeness (QED) is 0.800. The summed E-state index contributed by atoms with van der Waals surface area (Å²) in [7, 11) is 2.19. The number of likely N-dealkylation sites (N-methyl/N-ethyl adjacent to an activating group) is 1. The maximum Gasteiger partial charge on any atom is 0.272 e. The van der Waals surface area contributed by atoms with Crippen LogP contribution in [0.5, 0.6) is 0 Å². The molecule has 3 aliphatic rings. The number of nitrogens with zero attached hydrogens (tertiary/aromatic N) is 4. The van der Waals surface area contributed by atoms with E-state index in [-0.39, 0.29) is 11.5 Å². The topological polar surface area (TPSA) is 48.9 Å². The Labute approximate surface area is 156 Å². The van der Waals surface area contributed by atoms with Crippen LogP contribution in [-0.2, 0) is 4.74 Å². The summed E-state index contributed by atoms with van der Waals surface area (Å²) in [4.78, 5) is 24.0. The molecule has 142 valence electrons. The minimum absolute atomic E-state index is 0.0230. The third-order valence-corrected chi connectivity index (χ3v) is 6.31. The zero-order chi connectivity index (χ0) is 18.1. The number of pyridine rings is 1. The zero-order valence-corrected chi connectivity index (χ0v) is 16.0. The first-order valence-electron chi connectivity index (χ1n) is 9.84. The van der Waals surface area contributed by atoms with Crippen LogP contribution in [0.4, 0.5) is 0 Å². The van der Waals surface area contributed by atoms with Crippen LogP contribution in [0.1, 0.15) is 35.4 Å². The molecule has 0 aromatic carbocycles. The van der Waals surface area contributed by atoms with Gasteiger partial charge in [0.25, 0.3) is 5.91 Å². The number of likely N-dealkylation sites (tertiary alicyclic amines) is 1. The predicted molar refractivity (Wildman–Crippen MR) is 100 cm³/mol. The molecule has 1 aromatic rings. The number of carbonyl (C=O) groups is 1. The fourth-order valence-electron chi connectivity index (χ4n) is 4.53. The predicted octanol–water partition coefficient (Wildman–Crippen LogP) is 1.40. The summed E-state index contributed by atoms with van der Waals surface area (Å²) >= 11 is 0. The molecule has 1 atom stereocenters. The van der Waals surface area contributed by atoms with Gasteiger partial charge in [-0.25, -0.2) is 4.98 Å². The van der Waals surface area contributed by atoms with E-state index in [1.807, 2.05) is 30.0 Å². The number of ether oxygens (including phenoxy) is 1. The van der Waals surface area contributed by atoms with Gasteiger partial charge < -0.3 is 14.5 Å². The molecule has 1 aromatic heterocycles. The molecular weight excluding hydrogens is 328 g/mol. The maximum atomic E-state index is 12.7. The number of hydrogen-bond donors (Lipinski definition) is 0. The number of hydrogen-bond acceptors (Lipinski definition) is 5. The minimum Gasteiger partial charge on any atom is -0.373 e. The number of aromatic nitrogens is 1. The SMILES string of the molecule is Cc1cccc(C(=O)N2CCC3(CC2)C[C@H](N2CCN(C)CC2)CO3)n1. The van der Waals surface area contributed by atoms with Crippen LogP contribution in [-0.4, -0.2) is 90.2 Å². The van der Waals surface area contributed by atoms with Gasteiger partial charge in [0, 0.05) is 51.0 Å². The Bertz CT molecular complexity index is 649. The molecule has 0 radical (unpaired) electrons. The van der Waals surface area contributed by atoms with E-state index in [0.29, 0.717) is 11.7 Å². The fraction of sp³-hybridized carbons (Fsp3) is 0.700. The summed E-state index contributed by atoms with van der Waals surface area (Å²) in [6.45, 7) is 8.89. The standard InChI is InChI=1S/C20H30N4O2/c1-16-4-3-5-18(21-16)19(25)24-8-6-20(7-9-24)14-17(15-26-20)23-12-10-22(2)11-13-23/h3-5,17H,6-15H2,1-2H3/t17-/m0/s1. The Kier molecular flexibility index (Phi) is 4.99. The Balaban J connectivity index is 1.33. The summed E-state index contributed by atoms with van der Waals surface area (Å²) in [5, 5.41) is 0. The summed E-state index contributed by atoms with van der Waals surface area (Å²) in [6.07, 6.45) is 2.99. The number of amides is 1. The molecular formula is C20H30N4O2. The van der Waals surface area contributed by atoms with Crippen molar-refractivity contribution < 1.29 is 9.53 Å². The van der Waals surface area contributed by atoms with Crippen LogP contribution in [0.15, 0.2) is 18.2 Å². The largest absolute Gasteiger partial charge is 0.373 e. The van der Waals surface area contributed by atoms with Gasteiger partial charge in [0.15, 0.2) is 0 Å². The lowest BCUT2D eigenvalue weighted by Crippen LogP contribution is -2.50. The molecule has 1 amide bonds. The van der Waals surface area contributed by atoms with Crippen LogP contribution in [0, 0.1) is 6.92 Å². The van der Waals surface area contributed by atoms with Gasteiger partial charge in [0.1, 0.15) is 5.69 Å². The molecule has 0 aliphatic carbocycles. The van der Waals surface area contributed by atoms with Crippen molar-refractivity contribution >= 4 is 5.91 Å². The first-order valence-corrected chi connectivity index (χ1v) is 9.84. The first-order chi connectivity index (χ1) is 12.5. The van der Waals surface area contributed by atoms with Gasteiger partial charge in [-0.3, -0.25) is 9.69 Å². The fourth-order valence-corrected chi connectivity index (χ4v) is 4.53. The Morgan fingerprint density at radius 1 is 1.15 bits per heavy atom. The highest BCUT2D eigenvalue weighted by atomic mass is 16.5. The molecule has 0 N–H and O–H groups in total. The van der Waals surface area contributed by atoms with Gasteiger partial charge in [-0.1, -0.05) is 6.07 Å². The van der Waals surface area contributed by atoms with Crippen molar-refractivity contribution in [3.8, 4) is 0 Å². The summed E-state index contributed by atoms with van der Waals surface area (Å²) < 4.78 is 6.32. The molecule has 1 spiro atoms. The lowest BCUT2D eigenvalue weighted by Gasteiger charge is -2.39. The highest BCUT2D eigenvalue weighted by molar-refractivity contribution is 5.92. The lowest BCUT2D eigenvalue weighted by molar-refractivity contribution is -0.0396. The van der Waals surface area contributed by atoms with Gasteiger partial charge in [-0.15, -0.1) is 0 Å². The average molecular weight is 358 g/mol. The van der Waals surface area contributed by atoms with Crippen LogP contribution < -0.4 is 0 Å². The van der Waals surface area contributed by atoms with Crippen molar-refractivity contribution in [3.05, 3.63) is 29.6 Å². The molecule has 3 aliphatic heterocycles. The molecule has 0 unspecified atom stereocenters. The summed E-state index contributed by atoms with van der Waals surface area (Å²) in [5.41, 5.74) is 1.42. The molecule has 4 rings (SSSR count). The van der Waals surface area contributed by atoms with E-state index in [9.17, 15) is 4.79 Å². The van der Waals surface area contributed by atoms with Crippen molar-refractivity contribution in [2.24, 2.45) is 0 Å². The number of piperazine rings is 1. The number of aryl methyl sites for hydroxylation is 1. The van der Waals surface area contributed by atoms with Crippen molar-refractivity contribution in [2.75, 3.05) is 52.9 Å². The van der Waals surface area contributed by atoms with E-state index in [4.69, 9.17) is 4.74 Å². The van der Waals surface area contributed by atoms with Crippen molar-refractivity contribution in [3.63, 3.8) is 0 Å². The molecule has 6 heteroatoms. The lowest BCUT2D eigenvalue weighted by atomic mass is 9.87. The van der Waals surface area contributed by atoms with E-state index >= 15 is 0 Å². The van der Waals surface area contributed by atoms with Crippen molar-refractivity contribution in [2.45, 2.75) is 37.8 Å². The molecule has 4 heterocycles. The van der Waals surface area contributed by atoms with Gasteiger partial charge >= 0.3 is 0 Å². The highest BCUT2D eigenvalue weighted by Crippen LogP contribution is 2.38. The highest BCUT2D eigenvalue weighted by Gasteiger charge is 2.45. The first kappa shape index (κ1) is 17.9. The van der Waals surface area contributed by atoms with E-state index < -0.39 is 0 Å². The Morgan fingerprint density at radius 2 is 1.88 bits per heavy atom. The minimum atomic E-state index is -0.0230. The summed E-state index contributed by atoms with van der Waals surface area (Å²) in [5.74, 6) is 0.0529. The second kappa shape index (κ2) is 7.25. The van der Waals surface area contributed by atoms with E-state index in [2.05, 4.69) is 21.8 Å². The average Bonchev–Trinajstić information content (AvgIpc) is 3.06. The monoisotopic (exact) mass is 358 g/mol. The van der Waals surface area contributed by atoms with Crippen LogP contribution in [0.25, 0.3) is 0 Å². The van der Waals surface area contributed by atoms with Crippen molar-refractivity contribution in [1.29, 1.82) is 0 Å². The van der Waals surface area contributed by atoms with Crippen LogP contribution >= 0.6 is 0 Å². The molecule has 26 heavy (non-hydrogen) atoms. The molecule has 3 saturated heterocycles. The van der Waals surface area contributed by atoms with Crippen LogP contribution in [0.3, 0.4) is 0 Å². The zero-order valence-electron chi connectivity index (χ0n) is 16.0. The summed E-state index contributed by atoms with van der Waals surface area (Å²) in [6, 6.07) is 6.19. The third kappa shape index (κ3) is 3.63. The Hall–Kier alpha value is -1.50. The van der Waals surface area contributed by atoms with Crippen molar-refractivity contribution in [1.82, 2.24) is 19.7 Å². The van der Waals surface area contributed by atoms with Crippen LogP contribution in [0.2, 0.25) is 0 Å². The number of piperidine rings is 1. The third-order valence-electron chi connectivity index (χ3n) is 6.31. The van der Waals surface area contributed by atoms with Gasteiger partial charge in [-0.05, 0) is 45.4 Å².